The molecule has 0 spiro atoms. The lowest BCUT2D eigenvalue weighted by molar-refractivity contribution is -0.125. The normalized spacial score (nSPS) is 15.1. The van der Waals surface area contributed by atoms with Gasteiger partial charge in [-0.05, 0) is 36.1 Å². The molecule has 1 N–H and O–H groups in total. The van der Waals surface area contributed by atoms with E-state index >= 15 is 0 Å². The van der Waals surface area contributed by atoms with E-state index in [9.17, 15) is 9.59 Å². The monoisotopic (exact) mass is 398 g/mol. The molecule has 1 aliphatic rings. The Morgan fingerprint density at radius 3 is 2.10 bits per heavy atom. The molecule has 4 heteroatoms. The first kappa shape index (κ1) is 19.9. The first-order valence-corrected chi connectivity index (χ1v) is 10.4. The van der Waals surface area contributed by atoms with Crippen molar-refractivity contribution in [1.29, 1.82) is 0 Å². The van der Waals surface area contributed by atoms with Crippen LogP contribution in [-0.2, 0) is 16.0 Å². The van der Waals surface area contributed by atoms with Gasteiger partial charge in [0.15, 0.2) is 0 Å². The molecule has 1 unspecified atom stereocenters. The first-order chi connectivity index (χ1) is 14.6. The molecule has 0 aliphatic carbocycles. The van der Waals surface area contributed by atoms with E-state index in [2.05, 4.69) is 11.4 Å². The molecule has 1 aliphatic heterocycles. The maximum absolute atomic E-state index is 12.9. The number of rotatable bonds is 6. The molecule has 0 saturated carbocycles. The van der Waals surface area contributed by atoms with E-state index in [1.165, 1.54) is 5.56 Å². The fourth-order valence-corrected chi connectivity index (χ4v) is 4.26. The Labute approximate surface area is 177 Å². The highest BCUT2D eigenvalue weighted by molar-refractivity contribution is 5.99. The van der Waals surface area contributed by atoms with Gasteiger partial charge in [0.05, 0.1) is 6.54 Å². The number of para-hydroxylation sites is 1. The summed E-state index contributed by atoms with van der Waals surface area (Å²) in [7, 11) is 0. The molecule has 2 amide bonds. The zero-order chi connectivity index (χ0) is 20.9. The predicted octanol–water partition coefficient (Wildman–Crippen LogP) is 4.30. The Kier molecular flexibility index (Phi) is 5.94. The van der Waals surface area contributed by atoms with Crippen LogP contribution in [0, 0.1) is 0 Å². The minimum Gasteiger partial charge on any atom is -0.347 e. The fourth-order valence-electron chi connectivity index (χ4n) is 4.26. The summed E-state index contributed by atoms with van der Waals surface area (Å²) in [6, 6.07) is 28.1. The van der Waals surface area contributed by atoms with Crippen LogP contribution < -0.4 is 10.2 Å². The van der Waals surface area contributed by atoms with Crippen molar-refractivity contribution >= 4 is 17.5 Å². The number of carbonyl (C=O) groups excluding carboxylic acids is 2. The largest absolute Gasteiger partial charge is 0.347 e. The molecule has 3 aromatic carbocycles. The minimum absolute atomic E-state index is 0.00775. The van der Waals surface area contributed by atoms with Gasteiger partial charge >= 0.3 is 0 Å². The number of benzene rings is 3. The Balaban J connectivity index is 1.43. The summed E-state index contributed by atoms with van der Waals surface area (Å²) in [6.45, 7) is 2.05. The number of fused-ring (bicyclic) bond motifs is 1. The Morgan fingerprint density at radius 2 is 1.47 bits per heavy atom. The Bertz CT molecular complexity index is 978. The smallest absolute Gasteiger partial charge is 0.246 e. The zero-order valence-corrected chi connectivity index (χ0v) is 17.1. The summed E-state index contributed by atoms with van der Waals surface area (Å²) in [5, 5.41) is 2.85. The molecule has 0 aromatic heterocycles. The number of hydrogen-bond donors (Lipinski definition) is 1. The number of nitrogens with zero attached hydrogens (tertiary/aromatic N) is 1. The summed E-state index contributed by atoms with van der Waals surface area (Å²) >= 11 is 0. The van der Waals surface area contributed by atoms with Gasteiger partial charge in [-0.2, -0.15) is 0 Å². The molecule has 30 heavy (non-hydrogen) atoms. The third-order valence-electron chi connectivity index (χ3n) is 5.71. The van der Waals surface area contributed by atoms with Gasteiger partial charge in [-0.3, -0.25) is 9.59 Å². The molecule has 0 fully saturated rings. The van der Waals surface area contributed by atoms with Crippen molar-refractivity contribution in [2.24, 2.45) is 0 Å². The molecule has 0 bridgehead atoms. The summed E-state index contributed by atoms with van der Waals surface area (Å²) in [6.07, 6.45) is 1.15. The number of amides is 2. The fraction of sp³-hybridized carbons (Fsp3) is 0.231. The van der Waals surface area contributed by atoms with Crippen LogP contribution in [0.15, 0.2) is 84.9 Å². The number of hydrogen-bond acceptors (Lipinski definition) is 2. The van der Waals surface area contributed by atoms with Gasteiger partial charge in [0.2, 0.25) is 11.8 Å². The van der Waals surface area contributed by atoms with E-state index in [4.69, 9.17) is 0 Å². The van der Waals surface area contributed by atoms with Crippen molar-refractivity contribution < 1.29 is 9.59 Å². The van der Waals surface area contributed by atoms with Gasteiger partial charge in [0.1, 0.15) is 0 Å². The standard InChI is InChI=1S/C26H26N2O2/c1-19-16-22-14-8-9-15-24(22)28(19)26(30)18-27-25(29)17-23(20-10-4-2-5-11-20)21-12-6-3-7-13-21/h2-15,19,23H,16-18H2,1H3,(H,27,29). The van der Waals surface area contributed by atoms with Crippen molar-refractivity contribution in [3.05, 3.63) is 102 Å². The van der Waals surface area contributed by atoms with Gasteiger partial charge in [-0.25, -0.2) is 0 Å². The molecule has 4 rings (SSSR count). The van der Waals surface area contributed by atoms with Crippen LogP contribution in [0.1, 0.15) is 36.0 Å². The molecule has 4 nitrogen and oxygen atoms in total. The molecule has 3 aromatic rings. The van der Waals surface area contributed by atoms with Crippen LogP contribution in [0.4, 0.5) is 5.69 Å². The van der Waals surface area contributed by atoms with E-state index in [-0.39, 0.29) is 30.3 Å². The highest BCUT2D eigenvalue weighted by Gasteiger charge is 2.30. The summed E-state index contributed by atoms with van der Waals surface area (Å²) < 4.78 is 0. The van der Waals surface area contributed by atoms with Crippen LogP contribution >= 0.6 is 0 Å². The SMILES string of the molecule is CC1Cc2ccccc2N1C(=O)CNC(=O)CC(c1ccccc1)c1ccccc1. The van der Waals surface area contributed by atoms with Gasteiger partial charge in [-0.1, -0.05) is 78.9 Å². The molecule has 0 saturated heterocycles. The van der Waals surface area contributed by atoms with Crippen molar-refractivity contribution in [3.8, 4) is 0 Å². The Morgan fingerprint density at radius 1 is 0.900 bits per heavy atom. The van der Waals surface area contributed by atoms with Crippen LogP contribution in [0.5, 0.6) is 0 Å². The van der Waals surface area contributed by atoms with Gasteiger partial charge in [0, 0.05) is 24.1 Å². The van der Waals surface area contributed by atoms with Gasteiger partial charge in [-0.15, -0.1) is 0 Å². The summed E-state index contributed by atoms with van der Waals surface area (Å²) in [4.78, 5) is 27.4. The van der Waals surface area contributed by atoms with Gasteiger partial charge in [0.25, 0.3) is 0 Å². The molecule has 0 radical (unpaired) electrons. The second-order valence-corrected chi connectivity index (χ2v) is 7.80. The maximum Gasteiger partial charge on any atom is 0.246 e. The topological polar surface area (TPSA) is 49.4 Å². The Hall–Kier alpha value is -3.40. The summed E-state index contributed by atoms with van der Waals surface area (Å²) in [5.41, 5.74) is 4.31. The lowest BCUT2D eigenvalue weighted by Crippen LogP contribution is -2.43. The lowest BCUT2D eigenvalue weighted by atomic mass is 9.88. The van der Waals surface area contributed by atoms with E-state index in [0.717, 1.165) is 23.2 Å². The zero-order valence-electron chi connectivity index (χ0n) is 17.1. The molecular weight excluding hydrogens is 372 g/mol. The molecule has 152 valence electrons. The van der Waals surface area contributed by atoms with E-state index in [1.54, 1.807) is 0 Å². The van der Waals surface area contributed by atoms with E-state index in [1.807, 2.05) is 90.7 Å². The maximum atomic E-state index is 12.9. The van der Waals surface area contributed by atoms with Crippen molar-refractivity contribution in [2.45, 2.75) is 31.7 Å². The van der Waals surface area contributed by atoms with E-state index < -0.39 is 0 Å². The minimum atomic E-state index is -0.124. The highest BCUT2D eigenvalue weighted by Crippen LogP contribution is 2.32. The first-order valence-electron chi connectivity index (χ1n) is 10.4. The average Bonchev–Trinajstić information content (AvgIpc) is 3.12. The summed E-state index contributed by atoms with van der Waals surface area (Å²) in [5.74, 6) is -0.244. The highest BCUT2D eigenvalue weighted by atomic mass is 16.2. The van der Waals surface area contributed by atoms with Crippen LogP contribution in [-0.4, -0.2) is 24.4 Å². The van der Waals surface area contributed by atoms with Crippen molar-refractivity contribution in [1.82, 2.24) is 5.32 Å². The number of nitrogens with one attached hydrogen (secondary N) is 1. The van der Waals surface area contributed by atoms with Crippen LogP contribution in [0.3, 0.4) is 0 Å². The number of carbonyl (C=O) groups is 2. The van der Waals surface area contributed by atoms with Crippen LogP contribution in [0.25, 0.3) is 0 Å². The number of anilines is 1. The van der Waals surface area contributed by atoms with E-state index in [0.29, 0.717) is 6.42 Å². The second kappa shape index (κ2) is 8.95. The lowest BCUT2D eigenvalue weighted by Gasteiger charge is -2.23. The molecule has 1 heterocycles. The molecule has 1 atom stereocenters. The predicted molar refractivity (Wildman–Crippen MR) is 119 cm³/mol. The quantitative estimate of drug-likeness (QED) is 0.673. The van der Waals surface area contributed by atoms with Crippen molar-refractivity contribution in [3.63, 3.8) is 0 Å². The van der Waals surface area contributed by atoms with Crippen LogP contribution in [0.2, 0.25) is 0 Å². The third-order valence-corrected chi connectivity index (χ3v) is 5.71. The van der Waals surface area contributed by atoms with Gasteiger partial charge < -0.3 is 10.2 Å². The second-order valence-electron chi connectivity index (χ2n) is 7.80. The molecular formula is C26H26N2O2. The average molecular weight is 399 g/mol. The van der Waals surface area contributed by atoms with Crippen molar-refractivity contribution in [2.75, 3.05) is 11.4 Å². The third kappa shape index (κ3) is 4.28.